The summed E-state index contributed by atoms with van der Waals surface area (Å²) in [7, 11) is 0. The molecule has 0 bridgehead atoms. The van der Waals surface area contributed by atoms with Crippen LogP contribution in [-0.4, -0.2) is 59.3 Å². The number of fused-ring (bicyclic) bond motifs is 1. The van der Waals surface area contributed by atoms with E-state index < -0.39 is 48.4 Å². The number of esters is 3. The number of aliphatic hydroxyl groups excluding tert-OH is 1. The van der Waals surface area contributed by atoms with Crippen molar-refractivity contribution in [2.24, 2.45) is 23.7 Å². The number of carbonyl (C=O) groups is 3. The van der Waals surface area contributed by atoms with Gasteiger partial charge in [0.05, 0.1) is 18.8 Å². The molecule has 31 heavy (non-hydrogen) atoms. The molecule has 1 saturated carbocycles. The van der Waals surface area contributed by atoms with Gasteiger partial charge in [-0.05, 0) is 18.3 Å². The molecule has 1 aliphatic carbocycles. The van der Waals surface area contributed by atoms with Crippen LogP contribution in [0, 0.1) is 23.7 Å². The van der Waals surface area contributed by atoms with Gasteiger partial charge in [0.2, 0.25) is 6.29 Å². The van der Waals surface area contributed by atoms with Crippen LogP contribution in [0.25, 0.3) is 0 Å². The lowest BCUT2D eigenvalue weighted by Crippen LogP contribution is -2.54. The van der Waals surface area contributed by atoms with Crippen molar-refractivity contribution in [3.63, 3.8) is 0 Å². The van der Waals surface area contributed by atoms with Gasteiger partial charge in [-0.2, -0.15) is 0 Å². The molecule has 0 aromatic rings. The van der Waals surface area contributed by atoms with E-state index in [1.165, 1.54) is 13.2 Å². The lowest BCUT2D eigenvalue weighted by atomic mass is 9.80. The lowest BCUT2D eigenvalue weighted by Gasteiger charge is -2.40. The molecule has 0 radical (unpaired) electrons. The van der Waals surface area contributed by atoms with Crippen LogP contribution < -0.4 is 0 Å². The first-order valence-electron chi connectivity index (χ1n) is 10.7. The normalized spacial score (nSPS) is 29.8. The summed E-state index contributed by atoms with van der Waals surface area (Å²) in [5.41, 5.74) is -1.33. The van der Waals surface area contributed by atoms with E-state index in [2.05, 4.69) is 0 Å². The number of hydrogen-bond donors (Lipinski definition) is 2. The minimum absolute atomic E-state index is 0.0625. The molecule has 0 spiro atoms. The van der Waals surface area contributed by atoms with E-state index in [9.17, 15) is 24.6 Å². The van der Waals surface area contributed by atoms with E-state index in [1.807, 2.05) is 27.7 Å². The molecule has 0 aromatic carbocycles. The van der Waals surface area contributed by atoms with Gasteiger partial charge in [0.1, 0.15) is 18.3 Å². The molecule has 0 aromatic heterocycles. The van der Waals surface area contributed by atoms with Crippen molar-refractivity contribution in [2.45, 2.75) is 71.9 Å². The van der Waals surface area contributed by atoms with Gasteiger partial charge >= 0.3 is 17.9 Å². The van der Waals surface area contributed by atoms with Crippen molar-refractivity contribution < 1.29 is 43.5 Å². The minimum atomic E-state index is -1.89. The first kappa shape index (κ1) is 25.1. The second kappa shape index (κ2) is 10.5. The molecule has 1 heterocycles. The van der Waals surface area contributed by atoms with Crippen molar-refractivity contribution in [2.75, 3.05) is 13.2 Å². The average Bonchev–Trinajstić information content (AvgIpc) is 2.93. The average molecular weight is 443 g/mol. The molecule has 176 valence electrons. The summed E-state index contributed by atoms with van der Waals surface area (Å²) in [4.78, 5) is 35.8. The SMILES string of the molecule is CC(=O)O[C@H]1C[C@@H]2C(COC(=O)CC(C)C)=CO[C@@H](OC(=O)CC(C)C)[C@@H]2[C@@]1(O)CO. The van der Waals surface area contributed by atoms with Gasteiger partial charge in [0.25, 0.3) is 0 Å². The number of aliphatic hydroxyl groups is 2. The molecule has 2 N–H and O–H groups in total. The maximum absolute atomic E-state index is 12.2. The highest BCUT2D eigenvalue weighted by molar-refractivity contribution is 5.70. The smallest absolute Gasteiger partial charge is 0.309 e. The van der Waals surface area contributed by atoms with Crippen LogP contribution in [0.15, 0.2) is 11.8 Å². The van der Waals surface area contributed by atoms with Gasteiger partial charge in [0.15, 0.2) is 0 Å². The topological polar surface area (TPSA) is 129 Å². The molecule has 2 rings (SSSR count). The fraction of sp³-hybridized carbons (Fsp3) is 0.773. The van der Waals surface area contributed by atoms with E-state index in [4.69, 9.17) is 18.9 Å². The van der Waals surface area contributed by atoms with Crippen LogP contribution in [0.4, 0.5) is 0 Å². The molecular formula is C22H34O9. The molecule has 2 aliphatic rings. The molecular weight excluding hydrogens is 408 g/mol. The second-order valence-corrected chi connectivity index (χ2v) is 9.16. The van der Waals surface area contributed by atoms with Crippen LogP contribution in [-0.2, 0) is 33.3 Å². The fourth-order valence-electron chi connectivity index (χ4n) is 4.15. The zero-order valence-electron chi connectivity index (χ0n) is 18.8. The Hall–Kier alpha value is -2.13. The van der Waals surface area contributed by atoms with E-state index in [0.717, 1.165) is 0 Å². The van der Waals surface area contributed by atoms with Crippen LogP contribution in [0.1, 0.15) is 53.9 Å². The largest absolute Gasteiger partial charge is 0.462 e. The van der Waals surface area contributed by atoms with Crippen molar-refractivity contribution >= 4 is 17.9 Å². The van der Waals surface area contributed by atoms with Gasteiger partial charge < -0.3 is 29.2 Å². The Balaban J connectivity index is 2.27. The van der Waals surface area contributed by atoms with Crippen LogP contribution in [0.2, 0.25) is 0 Å². The number of carbonyl (C=O) groups excluding carboxylic acids is 3. The zero-order chi connectivity index (χ0) is 23.3. The van der Waals surface area contributed by atoms with Gasteiger partial charge in [-0.25, -0.2) is 0 Å². The van der Waals surface area contributed by atoms with Crippen molar-refractivity contribution in [1.29, 1.82) is 0 Å². The Kier molecular flexibility index (Phi) is 8.48. The summed E-state index contributed by atoms with van der Waals surface area (Å²) >= 11 is 0. The summed E-state index contributed by atoms with van der Waals surface area (Å²) in [5.74, 6) is -2.67. The van der Waals surface area contributed by atoms with Crippen molar-refractivity contribution in [3.8, 4) is 0 Å². The highest BCUT2D eigenvalue weighted by Crippen LogP contribution is 2.50. The first-order valence-corrected chi connectivity index (χ1v) is 10.7. The standard InChI is InChI=1S/C22H34O9/c1-12(2)6-18(25)28-9-15-10-29-21(31-19(26)7-13(3)4)20-16(15)8-17(30-14(5)24)22(20,27)11-23/h10,12-13,16-17,20-21,23,27H,6-9,11H2,1-5H3/t16-,17+,20-,21+,22-/m1/s1. The van der Waals surface area contributed by atoms with Crippen molar-refractivity contribution in [1.82, 2.24) is 0 Å². The number of ether oxygens (including phenoxy) is 4. The third-order valence-electron chi connectivity index (χ3n) is 5.52. The second-order valence-electron chi connectivity index (χ2n) is 9.16. The van der Waals surface area contributed by atoms with E-state index in [0.29, 0.717) is 5.57 Å². The molecule has 9 heteroatoms. The Labute approximate surface area is 182 Å². The lowest BCUT2D eigenvalue weighted by molar-refractivity contribution is -0.222. The zero-order valence-corrected chi connectivity index (χ0v) is 18.8. The number of hydrogen-bond acceptors (Lipinski definition) is 9. The Morgan fingerprint density at radius 1 is 1.13 bits per heavy atom. The maximum atomic E-state index is 12.2. The molecule has 0 unspecified atom stereocenters. The molecule has 1 aliphatic heterocycles. The summed E-state index contributed by atoms with van der Waals surface area (Å²) in [5, 5.41) is 21.3. The third-order valence-corrected chi connectivity index (χ3v) is 5.52. The first-order chi connectivity index (χ1) is 14.5. The fourth-order valence-corrected chi connectivity index (χ4v) is 4.15. The quantitative estimate of drug-likeness (QED) is 0.405. The Bertz CT molecular complexity index is 699. The maximum Gasteiger partial charge on any atom is 0.309 e. The van der Waals surface area contributed by atoms with Crippen LogP contribution >= 0.6 is 0 Å². The van der Waals surface area contributed by atoms with E-state index in [-0.39, 0.29) is 43.7 Å². The monoisotopic (exact) mass is 442 g/mol. The van der Waals surface area contributed by atoms with Gasteiger partial charge in [-0.1, -0.05) is 27.7 Å². The van der Waals surface area contributed by atoms with Gasteiger partial charge in [-0.15, -0.1) is 0 Å². The van der Waals surface area contributed by atoms with E-state index in [1.54, 1.807) is 0 Å². The minimum Gasteiger partial charge on any atom is -0.462 e. The highest BCUT2D eigenvalue weighted by atomic mass is 16.7. The summed E-state index contributed by atoms with van der Waals surface area (Å²) < 4.78 is 21.7. The third kappa shape index (κ3) is 6.20. The predicted molar refractivity (Wildman–Crippen MR) is 108 cm³/mol. The predicted octanol–water partition coefficient (Wildman–Crippen LogP) is 1.70. The van der Waals surface area contributed by atoms with Gasteiger partial charge in [-0.3, -0.25) is 14.4 Å². The molecule has 1 fully saturated rings. The highest BCUT2D eigenvalue weighted by Gasteiger charge is 2.62. The molecule has 0 saturated heterocycles. The Morgan fingerprint density at radius 3 is 2.29 bits per heavy atom. The van der Waals surface area contributed by atoms with Crippen LogP contribution in [0.3, 0.4) is 0 Å². The summed E-state index contributed by atoms with van der Waals surface area (Å²) in [6, 6.07) is 0. The van der Waals surface area contributed by atoms with Crippen LogP contribution in [0.5, 0.6) is 0 Å². The van der Waals surface area contributed by atoms with Crippen molar-refractivity contribution in [3.05, 3.63) is 11.8 Å². The van der Waals surface area contributed by atoms with E-state index >= 15 is 0 Å². The van der Waals surface area contributed by atoms with Gasteiger partial charge in [0, 0.05) is 31.3 Å². The molecule has 5 atom stereocenters. The summed E-state index contributed by atoms with van der Waals surface area (Å²) in [6.45, 7) is 7.94. The summed E-state index contributed by atoms with van der Waals surface area (Å²) in [6.07, 6.45) is -0.265. The number of rotatable bonds is 9. The molecule has 9 nitrogen and oxygen atoms in total. The molecule has 0 amide bonds. The Morgan fingerprint density at radius 2 is 1.74 bits per heavy atom.